The molecule has 4 nitrogen and oxygen atoms in total. The fourth-order valence-electron chi connectivity index (χ4n) is 1.17. The number of carbonyl (C=O) groups is 2. The van der Waals surface area contributed by atoms with Crippen LogP contribution in [0.1, 0.15) is 10.4 Å². The Morgan fingerprint density at radius 3 is 2.53 bits per heavy atom. The number of nitrogens with zero attached hydrogens (tertiary/aromatic N) is 1. The summed E-state index contributed by atoms with van der Waals surface area (Å²) in [6.45, 7) is 0. The van der Waals surface area contributed by atoms with E-state index in [4.69, 9.17) is 4.74 Å². The highest BCUT2D eigenvalue weighted by atomic mass is 16.5. The average Bonchev–Trinajstić information content (AvgIpc) is 2.35. The van der Waals surface area contributed by atoms with E-state index in [1.54, 1.807) is 38.4 Å². The van der Waals surface area contributed by atoms with E-state index in [0.717, 1.165) is 0 Å². The number of allylic oxidation sites excluding steroid dienone is 1. The second kappa shape index (κ2) is 5.84. The third-order valence-corrected chi connectivity index (χ3v) is 2.17. The van der Waals surface area contributed by atoms with E-state index in [1.807, 2.05) is 0 Å². The van der Waals surface area contributed by atoms with Crippen LogP contribution in [0.4, 0.5) is 0 Å². The highest BCUT2D eigenvalue weighted by molar-refractivity contribution is 6.07. The van der Waals surface area contributed by atoms with Crippen LogP contribution in [0.3, 0.4) is 0 Å². The smallest absolute Gasteiger partial charge is 0.246 e. The number of benzene rings is 1. The lowest BCUT2D eigenvalue weighted by Crippen LogP contribution is -2.19. The summed E-state index contributed by atoms with van der Waals surface area (Å²) >= 11 is 0. The fourth-order valence-corrected chi connectivity index (χ4v) is 1.17. The molecule has 90 valence electrons. The van der Waals surface area contributed by atoms with E-state index in [-0.39, 0.29) is 11.7 Å². The van der Waals surface area contributed by atoms with Crippen molar-refractivity contribution in [2.45, 2.75) is 0 Å². The van der Waals surface area contributed by atoms with E-state index < -0.39 is 0 Å². The molecule has 0 unspecified atom stereocenters. The summed E-state index contributed by atoms with van der Waals surface area (Å²) in [5.41, 5.74) is 0.493. The topological polar surface area (TPSA) is 46.6 Å². The predicted molar refractivity (Wildman–Crippen MR) is 65.2 cm³/mol. The van der Waals surface area contributed by atoms with Crippen LogP contribution in [-0.2, 0) is 4.79 Å². The average molecular weight is 233 g/mol. The number of likely N-dealkylation sites (N-methyl/N-ethyl adjacent to an activating group) is 1. The zero-order valence-electron chi connectivity index (χ0n) is 10.1. The van der Waals surface area contributed by atoms with Gasteiger partial charge in [-0.3, -0.25) is 9.59 Å². The van der Waals surface area contributed by atoms with Crippen LogP contribution in [-0.4, -0.2) is 37.8 Å². The van der Waals surface area contributed by atoms with Crippen molar-refractivity contribution in [3.05, 3.63) is 42.0 Å². The van der Waals surface area contributed by atoms with Crippen LogP contribution >= 0.6 is 0 Å². The Hall–Kier alpha value is -2.10. The summed E-state index contributed by atoms with van der Waals surface area (Å²) in [5, 5.41) is 0. The number of ketones is 1. The molecule has 0 radical (unpaired) electrons. The Morgan fingerprint density at radius 2 is 1.94 bits per heavy atom. The maximum atomic E-state index is 11.7. The zero-order chi connectivity index (χ0) is 12.8. The van der Waals surface area contributed by atoms with E-state index in [1.165, 1.54) is 24.2 Å². The van der Waals surface area contributed by atoms with Gasteiger partial charge in [0, 0.05) is 25.7 Å². The third kappa shape index (κ3) is 3.75. The van der Waals surface area contributed by atoms with Crippen molar-refractivity contribution in [1.29, 1.82) is 0 Å². The van der Waals surface area contributed by atoms with Crippen molar-refractivity contribution in [2.24, 2.45) is 0 Å². The van der Waals surface area contributed by atoms with Gasteiger partial charge in [0.2, 0.25) is 5.91 Å². The molecule has 0 fully saturated rings. The van der Waals surface area contributed by atoms with Gasteiger partial charge in [-0.2, -0.15) is 0 Å². The second-order valence-corrected chi connectivity index (χ2v) is 3.66. The molecule has 0 N–H and O–H groups in total. The van der Waals surface area contributed by atoms with Gasteiger partial charge < -0.3 is 9.64 Å². The number of ether oxygens (including phenoxy) is 1. The van der Waals surface area contributed by atoms with Crippen LogP contribution < -0.4 is 4.74 Å². The Labute approximate surface area is 100 Å². The lowest BCUT2D eigenvalue weighted by molar-refractivity contribution is -0.123. The van der Waals surface area contributed by atoms with Gasteiger partial charge in [-0.05, 0) is 18.2 Å². The van der Waals surface area contributed by atoms with Gasteiger partial charge >= 0.3 is 0 Å². The Kier molecular flexibility index (Phi) is 4.46. The highest BCUT2D eigenvalue weighted by Crippen LogP contribution is 2.13. The maximum Gasteiger partial charge on any atom is 0.246 e. The van der Waals surface area contributed by atoms with Gasteiger partial charge in [-0.1, -0.05) is 12.1 Å². The molecule has 0 aliphatic rings. The molecule has 0 saturated carbocycles. The van der Waals surface area contributed by atoms with Crippen molar-refractivity contribution < 1.29 is 14.3 Å². The van der Waals surface area contributed by atoms with Gasteiger partial charge in [0.15, 0.2) is 5.78 Å². The van der Waals surface area contributed by atoms with E-state index >= 15 is 0 Å². The second-order valence-electron chi connectivity index (χ2n) is 3.66. The predicted octanol–water partition coefficient (Wildman–Crippen LogP) is 1.52. The summed E-state index contributed by atoms with van der Waals surface area (Å²) < 4.78 is 5.02. The number of rotatable bonds is 4. The minimum absolute atomic E-state index is 0.221. The minimum Gasteiger partial charge on any atom is -0.497 e. The van der Waals surface area contributed by atoms with Gasteiger partial charge in [-0.15, -0.1) is 0 Å². The Balaban J connectivity index is 2.79. The molecular weight excluding hydrogens is 218 g/mol. The number of carbonyl (C=O) groups excluding carboxylic acids is 2. The largest absolute Gasteiger partial charge is 0.497 e. The first-order valence-corrected chi connectivity index (χ1v) is 5.12. The van der Waals surface area contributed by atoms with Crippen LogP contribution in [0, 0.1) is 0 Å². The van der Waals surface area contributed by atoms with Gasteiger partial charge in [0.1, 0.15) is 5.75 Å². The van der Waals surface area contributed by atoms with E-state index in [2.05, 4.69) is 0 Å². The van der Waals surface area contributed by atoms with Crippen molar-refractivity contribution in [1.82, 2.24) is 4.90 Å². The van der Waals surface area contributed by atoms with Gasteiger partial charge in [0.25, 0.3) is 0 Å². The molecule has 0 aromatic heterocycles. The molecule has 1 aromatic rings. The summed E-state index contributed by atoms with van der Waals surface area (Å²) in [6.07, 6.45) is 2.51. The summed E-state index contributed by atoms with van der Waals surface area (Å²) in [4.78, 5) is 24.4. The molecule has 0 spiro atoms. The molecular formula is C13H15NO3. The minimum atomic E-state index is -0.223. The number of hydrogen-bond acceptors (Lipinski definition) is 3. The summed E-state index contributed by atoms with van der Waals surface area (Å²) in [6, 6.07) is 6.79. The van der Waals surface area contributed by atoms with Crippen molar-refractivity contribution >= 4 is 11.7 Å². The molecule has 1 rings (SSSR count). The summed E-state index contributed by atoms with van der Waals surface area (Å²) in [7, 11) is 4.79. The quantitative estimate of drug-likeness (QED) is 0.585. The lowest BCUT2D eigenvalue weighted by Gasteiger charge is -2.05. The SMILES string of the molecule is COc1cccc(C(=O)/C=C/C(=O)N(C)C)c1. The van der Waals surface area contributed by atoms with Crippen molar-refractivity contribution in [2.75, 3.05) is 21.2 Å². The monoisotopic (exact) mass is 233 g/mol. The fraction of sp³-hybridized carbons (Fsp3) is 0.231. The first kappa shape index (κ1) is 13.0. The van der Waals surface area contributed by atoms with Crippen molar-refractivity contribution in [3.63, 3.8) is 0 Å². The first-order chi connectivity index (χ1) is 8.04. The van der Waals surface area contributed by atoms with E-state index in [0.29, 0.717) is 11.3 Å². The molecule has 0 saturated heterocycles. The van der Waals surface area contributed by atoms with Crippen LogP contribution in [0.5, 0.6) is 5.75 Å². The van der Waals surface area contributed by atoms with Crippen LogP contribution in [0.25, 0.3) is 0 Å². The molecule has 17 heavy (non-hydrogen) atoms. The molecule has 1 amide bonds. The molecule has 4 heteroatoms. The van der Waals surface area contributed by atoms with Crippen LogP contribution in [0.15, 0.2) is 36.4 Å². The molecule has 1 aromatic carbocycles. The van der Waals surface area contributed by atoms with E-state index in [9.17, 15) is 9.59 Å². The maximum absolute atomic E-state index is 11.7. The molecule has 0 aliphatic carbocycles. The Bertz CT molecular complexity index is 450. The standard InChI is InChI=1S/C13H15NO3/c1-14(2)13(16)8-7-12(15)10-5-4-6-11(9-10)17-3/h4-9H,1-3H3/b8-7+. The van der Waals surface area contributed by atoms with Gasteiger partial charge in [-0.25, -0.2) is 0 Å². The number of amides is 1. The number of hydrogen-bond donors (Lipinski definition) is 0. The molecule has 0 atom stereocenters. The third-order valence-electron chi connectivity index (χ3n) is 2.17. The molecule has 0 bridgehead atoms. The van der Waals surface area contributed by atoms with Crippen molar-refractivity contribution in [3.8, 4) is 5.75 Å². The summed E-state index contributed by atoms with van der Waals surface area (Å²) in [5.74, 6) is 0.170. The van der Waals surface area contributed by atoms with Gasteiger partial charge in [0.05, 0.1) is 7.11 Å². The highest BCUT2D eigenvalue weighted by Gasteiger charge is 2.04. The lowest BCUT2D eigenvalue weighted by atomic mass is 10.1. The zero-order valence-corrected chi connectivity index (χ0v) is 10.1. The van der Waals surface area contributed by atoms with Crippen LogP contribution in [0.2, 0.25) is 0 Å². The molecule has 0 heterocycles. The normalized spacial score (nSPS) is 10.3. The molecule has 0 aliphatic heterocycles. The Morgan fingerprint density at radius 1 is 1.24 bits per heavy atom. The number of methoxy groups -OCH3 is 1. The first-order valence-electron chi connectivity index (χ1n) is 5.12.